The smallest absolute Gasteiger partial charge is 0.223 e. The fraction of sp³-hybridized carbons (Fsp3) is 0.231. The lowest BCUT2D eigenvalue weighted by atomic mass is 9.86. The second-order valence-electron chi connectivity index (χ2n) is 4.95. The molecule has 1 aliphatic rings. The summed E-state index contributed by atoms with van der Waals surface area (Å²) in [4.78, 5) is 7.54. The molecule has 6 N–H and O–H groups in total. The van der Waals surface area contributed by atoms with E-state index in [1.165, 1.54) is 6.07 Å². The molecule has 0 heterocycles. The van der Waals surface area contributed by atoms with Gasteiger partial charge in [-0.1, -0.05) is 26.0 Å². The van der Waals surface area contributed by atoms with Crippen molar-refractivity contribution >= 4 is 23.7 Å². The Bertz CT molecular complexity index is 610. The number of guanidine groups is 2. The van der Waals surface area contributed by atoms with Gasteiger partial charge in [0, 0.05) is 11.0 Å². The summed E-state index contributed by atoms with van der Waals surface area (Å²) in [5.41, 5.74) is 17.4. The highest BCUT2D eigenvalue weighted by atomic mass is 19.1. The molecule has 0 amide bonds. The lowest BCUT2D eigenvalue weighted by Crippen LogP contribution is -2.26. The van der Waals surface area contributed by atoms with Crippen LogP contribution in [0.1, 0.15) is 25.0 Å². The van der Waals surface area contributed by atoms with Crippen LogP contribution in [0.25, 0.3) is 6.08 Å². The largest absolute Gasteiger partial charge is 0.370 e. The Labute approximate surface area is 110 Å². The molecule has 0 atom stereocenters. The molecule has 0 bridgehead atoms. The molecule has 0 fully saturated rings. The molecular weight excluding hydrogens is 245 g/mol. The topological polar surface area (TPSA) is 103 Å². The van der Waals surface area contributed by atoms with Gasteiger partial charge in [-0.25, -0.2) is 9.38 Å². The maximum atomic E-state index is 14.1. The summed E-state index contributed by atoms with van der Waals surface area (Å²) in [5.74, 6) is -0.617. The van der Waals surface area contributed by atoms with Gasteiger partial charge in [-0.05, 0) is 17.7 Å². The minimum atomic E-state index is -0.316. The van der Waals surface area contributed by atoms with Crippen molar-refractivity contribution < 1.29 is 4.39 Å². The molecule has 19 heavy (non-hydrogen) atoms. The van der Waals surface area contributed by atoms with Gasteiger partial charge in [0.05, 0.1) is 5.69 Å². The summed E-state index contributed by atoms with van der Waals surface area (Å²) in [6, 6.07) is 3.07. The van der Waals surface area contributed by atoms with Crippen molar-refractivity contribution in [1.82, 2.24) is 0 Å². The average molecular weight is 261 g/mol. The molecule has 0 radical (unpaired) electrons. The lowest BCUT2D eigenvalue weighted by Gasteiger charge is -2.18. The van der Waals surface area contributed by atoms with Crippen molar-refractivity contribution in [2.45, 2.75) is 19.3 Å². The van der Waals surface area contributed by atoms with Crippen molar-refractivity contribution in [3.05, 3.63) is 35.2 Å². The van der Waals surface area contributed by atoms with Crippen LogP contribution in [0.2, 0.25) is 0 Å². The first kappa shape index (κ1) is 13.1. The molecule has 1 aromatic rings. The van der Waals surface area contributed by atoms with Crippen LogP contribution < -0.4 is 17.2 Å². The summed E-state index contributed by atoms with van der Waals surface area (Å²) < 4.78 is 14.1. The SMILES string of the molecule is CC1(C)C=Cc2cc(N=C(N)N=C(N)N)cc(F)c21. The fourth-order valence-electron chi connectivity index (χ4n) is 2.16. The number of hydrogen-bond acceptors (Lipinski definition) is 1. The summed E-state index contributed by atoms with van der Waals surface area (Å²) in [6.45, 7) is 3.91. The van der Waals surface area contributed by atoms with Crippen LogP contribution in [0.4, 0.5) is 10.1 Å². The predicted molar refractivity (Wildman–Crippen MR) is 75.6 cm³/mol. The van der Waals surface area contributed by atoms with E-state index in [0.29, 0.717) is 11.3 Å². The standard InChI is InChI=1S/C13H16FN5/c1-13(2)4-3-7-5-8(6-9(14)10(7)13)18-12(17)19-11(15)16/h3-6H,1-2H3,(H6,15,16,17,18,19). The van der Waals surface area contributed by atoms with E-state index in [4.69, 9.17) is 17.2 Å². The summed E-state index contributed by atoms with van der Waals surface area (Å²) >= 11 is 0. The summed E-state index contributed by atoms with van der Waals surface area (Å²) in [5, 5.41) is 0. The van der Waals surface area contributed by atoms with Crippen LogP contribution in [-0.2, 0) is 5.41 Å². The van der Waals surface area contributed by atoms with E-state index in [2.05, 4.69) is 9.98 Å². The number of benzene rings is 1. The number of nitrogens with zero attached hydrogens (tertiary/aromatic N) is 2. The van der Waals surface area contributed by atoms with Gasteiger partial charge in [0.25, 0.3) is 0 Å². The van der Waals surface area contributed by atoms with Gasteiger partial charge in [0.1, 0.15) is 5.82 Å². The predicted octanol–water partition coefficient (Wildman–Crippen LogP) is 1.35. The highest BCUT2D eigenvalue weighted by Crippen LogP contribution is 2.39. The molecule has 0 spiro atoms. The zero-order valence-electron chi connectivity index (χ0n) is 10.8. The second kappa shape index (κ2) is 4.38. The Morgan fingerprint density at radius 1 is 1.21 bits per heavy atom. The van der Waals surface area contributed by atoms with Crippen molar-refractivity contribution in [1.29, 1.82) is 0 Å². The molecule has 1 aliphatic carbocycles. The second-order valence-corrected chi connectivity index (χ2v) is 4.95. The zero-order chi connectivity index (χ0) is 14.2. The molecule has 1 aromatic carbocycles. The molecule has 2 rings (SSSR count). The van der Waals surface area contributed by atoms with Crippen molar-refractivity contribution in [2.75, 3.05) is 0 Å². The van der Waals surface area contributed by atoms with Crippen LogP contribution in [0.15, 0.2) is 28.2 Å². The minimum Gasteiger partial charge on any atom is -0.370 e. The van der Waals surface area contributed by atoms with E-state index >= 15 is 0 Å². The van der Waals surface area contributed by atoms with Crippen LogP contribution in [-0.4, -0.2) is 11.9 Å². The third kappa shape index (κ3) is 2.57. The van der Waals surface area contributed by atoms with E-state index in [1.807, 2.05) is 26.0 Å². The van der Waals surface area contributed by atoms with E-state index in [0.717, 1.165) is 5.56 Å². The quantitative estimate of drug-likeness (QED) is 0.525. The number of fused-ring (bicyclic) bond motifs is 1. The van der Waals surface area contributed by atoms with E-state index < -0.39 is 0 Å². The average Bonchev–Trinajstić information content (AvgIpc) is 2.53. The highest BCUT2D eigenvalue weighted by Gasteiger charge is 2.28. The van der Waals surface area contributed by atoms with Crippen LogP contribution in [0, 0.1) is 5.82 Å². The van der Waals surface area contributed by atoms with Crippen molar-refractivity contribution in [3.63, 3.8) is 0 Å². The molecule has 0 unspecified atom stereocenters. The monoisotopic (exact) mass is 261 g/mol. The highest BCUT2D eigenvalue weighted by molar-refractivity contribution is 5.93. The number of halogens is 1. The summed E-state index contributed by atoms with van der Waals surface area (Å²) in [7, 11) is 0. The number of rotatable bonds is 1. The van der Waals surface area contributed by atoms with Crippen LogP contribution >= 0.6 is 0 Å². The molecule has 100 valence electrons. The Morgan fingerprint density at radius 3 is 2.53 bits per heavy atom. The van der Waals surface area contributed by atoms with E-state index in [9.17, 15) is 4.39 Å². The molecular formula is C13H16FN5. The number of hydrogen-bond donors (Lipinski definition) is 3. The summed E-state index contributed by atoms with van der Waals surface area (Å²) in [6.07, 6.45) is 3.82. The maximum Gasteiger partial charge on any atom is 0.223 e. The Hall–Kier alpha value is -2.37. The minimum absolute atomic E-state index is 0.111. The Balaban J connectivity index is 2.46. The Morgan fingerprint density at radius 2 is 1.89 bits per heavy atom. The Kier molecular flexibility index (Phi) is 3.01. The molecule has 0 saturated heterocycles. The lowest BCUT2D eigenvalue weighted by molar-refractivity contribution is 0.564. The maximum absolute atomic E-state index is 14.1. The fourth-order valence-corrected chi connectivity index (χ4v) is 2.16. The normalized spacial score (nSPS) is 16.3. The first-order valence-electron chi connectivity index (χ1n) is 5.76. The van der Waals surface area contributed by atoms with Crippen LogP contribution in [0.5, 0.6) is 0 Å². The molecule has 0 aromatic heterocycles. The van der Waals surface area contributed by atoms with E-state index in [1.54, 1.807) is 6.07 Å². The molecule has 0 saturated carbocycles. The number of allylic oxidation sites excluding steroid dienone is 1. The number of nitrogens with two attached hydrogens (primary N) is 3. The van der Waals surface area contributed by atoms with E-state index in [-0.39, 0.29) is 23.2 Å². The molecule has 0 aliphatic heterocycles. The van der Waals surface area contributed by atoms with Gasteiger partial charge in [-0.15, -0.1) is 0 Å². The van der Waals surface area contributed by atoms with Crippen molar-refractivity contribution in [2.24, 2.45) is 27.2 Å². The van der Waals surface area contributed by atoms with Crippen LogP contribution in [0.3, 0.4) is 0 Å². The van der Waals surface area contributed by atoms with Gasteiger partial charge in [-0.3, -0.25) is 0 Å². The number of aliphatic imine (C=N–C) groups is 2. The van der Waals surface area contributed by atoms with Gasteiger partial charge < -0.3 is 17.2 Å². The first-order valence-corrected chi connectivity index (χ1v) is 5.76. The van der Waals surface area contributed by atoms with Gasteiger partial charge in [-0.2, -0.15) is 4.99 Å². The molecule has 6 heteroatoms. The third-order valence-corrected chi connectivity index (χ3v) is 2.92. The molecule has 5 nitrogen and oxygen atoms in total. The van der Waals surface area contributed by atoms with Gasteiger partial charge in [0.2, 0.25) is 5.96 Å². The van der Waals surface area contributed by atoms with Gasteiger partial charge >= 0.3 is 0 Å². The zero-order valence-corrected chi connectivity index (χ0v) is 10.8. The van der Waals surface area contributed by atoms with Crippen molar-refractivity contribution in [3.8, 4) is 0 Å². The third-order valence-electron chi connectivity index (χ3n) is 2.92. The first-order chi connectivity index (χ1) is 8.79. The van der Waals surface area contributed by atoms with Gasteiger partial charge in [0.15, 0.2) is 5.96 Å².